The fourth-order valence-electron chi connectivity index (χ4n) is 3.69. The molecule has 0 bridgehead atoms. The van der Waals surface area contributed by atoms with Crippen LogP contribution in [0.4, 0.5) is 18.0 Å². The predicted molar refractivity (Wildman–Crippen MR) is 124 cm³/mol. The van der Waals surface area contributed by atoms with E-state index in [-0.39, 0.29) is 18.3 Å². The van der Waals surface area contributed by atoms with Crippen LogP contribution in [0.1, 0.15) is 24.5 Å². The molecule has 1 aliphatic rings. The van der Waals surface area contributed by atoms with Crippen LogP contribution < -0.4 is 4.74 Å². The van der Waals surface area contributed by atoms with Gasteiger partial charge < -0.3 is 14.7 Å². The van der Waals surface area contributed by atoms with E-state index in [0.29, 0.717) is 24.0 Å². The van der Waals surface area contributed by atoms with E-state index in [9.17, 15) is 23.1 Å². The molecule has 6 nitrogen and oxygen atoms in total. The summed E-state index contributed by atoms with van der Waals surface area (Å²) in [6, 6.07) is 14.3. The van der Waals surface area contributed by atoms with Crippen molar-refractivity contribution < 1.29 is 27.8 Å². The summed E-state index contributed by atoms with van der Waals surface area (Å²) in [6.07, 6.45) is 0.425. The molecule has 9 heteroatoms. The SMILES string of the molecule is C=NN(/C=C(\CC)c1ccc(OC(F)(F)F)cc1)C(=O)N1C[C@H](O)C=C[C@@H]1Cc1ccccc1. The summed E-state index contributed by atoms with van der Waals surface area (Å²) >= 11 is 0. The monoisotopic (exact) mass is 473 g/mol. The second-order valence-corrected chi connectivity index (χ2v) is 7.71. The first kappa shape index (κ1) is 25.0. The third kappa shape index (κ3) is 6.71. The molecule has 0 unspecified atom stereocenters. The molecule has 1 heterocycles. The Morgan fingerprint density at radius 3 is 2.47 bits per heavy atom. The maximum Gasteiger partial charge on any atom is 0.573 e. The molecule has 2 aromatic carbocycles. The number of rotatable bonds is 7. The molecule has 1 N–H and O–H groups in total. The minimum Gasteiger partial charge on any atom is -0.406 e. The van der Waals surface area contributed by atoms with Crippen LogP contribution in [-0.2, 0) is 6.42 Å². The van der Waals surface area contributed by atoms with Gasteiger partial charge in [-0.3, -0.25) is 0 Å². The van der Waals surface area contributed by atoms with Crippen LogP contribution in [0.3, 0.4) is 0 Å². The number of aliphatic hydroxyl groups excluding tert-OH is 1. The van der Waals surface area contributed by atoms with Crippen molar-refractivity contribution in [2.24, 2.45) is 5.10 Å². The van der Waals surface area contributed by atoms with Gasteiger partial charge in [-0.25, -0.2) is 4.79 Å². The number of nitrogens with zero attached hydrogens (tertiary/aromatic N) is 3. The molecule has 0 radical (unpaired) electrons. The third-order valence-corrected chi connectivity index (χ3v) is 5.34. The Bertz CT molecular complexity index is 1040. The highest BCUT2D eigenvalue weighted by Gasteiger charge is 2.31. The van der Waals surface area contributed by atoms with Crippen molar-refractivity contribution in [1.29, 1.82) is 0 Å². The number of carbonyl (C=O) groups is 1. The molecule has 2 amide bonds. The largest absolute Gasteiger partial charge is 0.573 e. The van der Waals surface area contributed by atoms with E-state index in [1.54, 1.807) is 12.2 Å². The number of halogens is 3. The highest BCUT2D eigenvalue weighted by atomic mass is 19.4. The van der Waals surface area contributed by atoms with Crippen LogP contribution in [0.5, 0.6) is 5.75 Å². The highest BCUT2D eigenvalue weighted by Crippen LogP contribution is 2.27. The van der Waals surface area contributed by atoms with Gasteiger partial charge in [0, 0.05) is 12.9 Å². The molecule has 180 valence electrons. The summed E-state index contributed by atoms with van der Waals surface area (Å²) in [5.74, 6) is -0.334. The standard InChI is InChI=1S/C25H26F3N3O3/c1-3-19(20-9-13-23(14-10-20)34-25(26,27)28)16-31(29-2)24(33)30-17-22(32)12-11-21(30)15-18-7-5-4-6-8-18/h4-14,16,21-22,32H,2-3,15,17H2,1H3/b19-16+/t21-,22-/m1/s1. The van der Waals surface area contributed by atoms with Gasteiger partial charge in [-0.15, -0.1) is 13.2 Å². The summed E-state index contributed by atoms with van der Waals surface area (Å²) in [7, 11) is 0. The van der Waals surface area contributed by atoms with Gasteiger partial charge >= 0.3 is 12.4 Å². The Balaban J connectivity index is 1.81. The van der Waals surface area contributed by atoms with Crippen LogP contribution in [0.25, 0.3) is 5.57 Å². The first-order valence-electron chi connectivity index (χ1n) is 10.7. The van der Waals surface area contributed by atoms with Gasteiger partial charge in [0.05, 0.1) is 18.7 Å². The first-order valence-corrected chi connectivity index (χ1v) is 10.7. The van der Waals surface area contributed by atoms with Crippen LogP contribution >= 0.6 is 0 Å². The molecule has 0 aliphatic carbocycles. The van der Waals surface area contributed by atoms with E-state index < -0.39 is 18.5 Å². The quantitative estimate of drug-likeness (QED) is 0.341. The van der Waals surface area contributed by atoms with Crippen molar-refractivity contribution in [3.05, 3.63) is 84.1 Å². The average Bonchev–Trinajstić information content (AvgIpc) is 2.81. The zero-order valence-corrected chi connectivity index (χ0v) is 18.7. The van der Waals surface area contributed by atoms with Crippen LogP contribution in [0, 0.1) is 0 Å². The van der Waals surface area contributed by atoms with Gasteiger partial charge in [0.15, 0.2) is 0 Å². The molecule has 0 aromatic heterocycles. The van der Waals surface area contributed by atoms with E-state index in [1.165, 1.54) is 35.4 Å². The highest BCUT2D eigenvalue weighted by molar-refractivity contribution is 5.79. The van der Waals surface area contributed by atoms with Crippen LogP contribution in [0.2, 0.25) is 0 Å². The fraction of sp³-hybridized carbons (Fsp3) is 0.280. The fourth-order valence-corrected chi connectivity index (χ4v) is 3.69. The zero-order chi connectivity index (χ0) is 24.7. The number of amides is 2. The van der Waals surface area contributed by atoms with Gasteiger partial charge in [0.25, 0.3) is 0 Å². The minimum atomic E-state index is -4.77. The Kier molecular flexibility index (Phi) is 8.12. The maximum atomic E-state index is 13.4. The van der Waals surface area contributed by atoms with Crippen molar-refractivity contribution >= 4 is 18.3 Å². The number of hydrazone groups is 1. The molecule has 34 heavy (non-hydrogen) atoms. The van der Waals surface area contributed by atoms with E-state index >= 15 is 0 Å². The first-order chi connectivity index (χ1) is 16.2. The number of allylic oxidation sites excluding steroid dienone is 1. The van der Waals surface area contributed by atoms with E-state index in [2.05, 4.69) is 16.6 Å². The average molecular weight is 473 g/mol. The van der Waals surface area contributed by atoms with Crippen LogP contribution in [-0.4, -0.2) is 52.8 Å². The molecule has 0 fully saturated rings. The van der Waals surface area contributed by atoms with Crippen molar-refractivity contribution in [1.82, 2.24) is 9.91 Å². The Labute approximate surface area is 196 Å². The number of β-amino-alcohol motifs (C(OH)–C–C–N with tert-alkyl or cyclic N) is 1. The van der Waals surface area contributed by atoms with Gasteiger partial charge in [-0.05, 0) is 41.7 Å². The topological polar surface area (TPSA) is 65.4 Å². The predicted octanol–water partition coefficient (Wildman–Crippen LogP) is 5.22. The van der Waals surface area contributed by atoms with Gasteiger partial charge in [0.2, 0.25) is 0 Å². The number of hydrogen-bond donors (Lipinski definition) is 1. The van der Waals surface area contributed by atoms with Crippen molar-refractivity contribution in [2.75, 3.05) is 6.54 Å². The molecule has 2 aromatic rings. The van der Waals surface area contributed by atoms with Crippen molar-refractivity contribution in [3.8, 4) is 5.75 Å². The molecule has 1 aliphatic heterocycles. The number of ether oxygens (including phenoxy) is 1. The second-order valence-electron chi connectivity index (χ2n) is 7.71. The molecule has 0 spiro atoms. The van der Waals surface area contributed by atoms with Crippen molar-refractivity contribution in [3.63, 3.8) is 0 Å². The van der Waals surface area contributed by atoms with Gasteiger partial charge in [-0.2, -0.15) is 10.1 Å². The Morgan fingerprint density at radius 2 is 1.88 bits per heavy atom. The summed E-state index contributed by atoms with van der Waals surface area (Å²) < 4.78 is 41.2. The minimum absolute atomic E-state index is 0.0949. The third-order valence-electron chi connectivity index (χ3n) is 5.34. The molecule has 0 saturated carbocycles. The smallest absolute Gasteiger partial charge is 0.406 e. The molecule has 3 rings (SSSR count). The van der Waals surface area contributed by atoms with E-state index in [0.717, 1.165) is 10.6 Å². The number of alkyl halides is 3. The molecule has 0 saturated heterocycles. The number of carbonyl (C=O) groups excluding carboxylic acids is 1. The normalized spacial score (nSPS) is 18.5. The zero-order valence-electron chi connectivity index (χ0n) is 18.7. The van der Waals surface area contributed by atoms with Gasteiger partial charge in [0.1, 0.15) is 5.75 Å². The number of aliphatic hydroxyl groups is 1. The Hall–Kier alpha value is -3.59. The lowest BCUT2D eigenvalue weighted by Crippen LogP contribution is -2.50. The summed E-state index contributed by atoms with van der Waals surface area (Å²) in [5, 5.41) is 15.1. The number of benzene rings is 2. The summed E-state index contributed by atoms with van der Waals surface area (Å²) in [6.45, 7) is 5.44. The lowest BCUT2D eigenvalue weighted by atomic mass is 10.0. The van der Waals surface area contributed by atoms with Crippen LogP contribution in [0.15, 0.2) is 78.1 Å². The second kappa shape index (κ2) is 11.0. The van der Waals surface area contributed by atoms with E-state index in [1.807, 2.05) is 37.3 Å². The lowest BCUT2D eigenvalue weighted by Gasteiger charge is -2.36. The summed E-state index contributed by atoms with van der Waals surface area (Å²) in [4.78, 5) is 14.9. The molecule has 2 atom stereocenters. The van der Waals surface area contributed by atoms with E-state index in [4.69, 9.17) is 0 Å². The number of hydrogen-bond acceptors (Lipinski definition) is 4. The lowest BCUT2D eigenvalue weighted by molar-refractivity contribution is -0.274. The molecular weight excluding hydrogens is 447 g/mol. The number of urea groups is 1. The van der Waals surface area contributed by atoms with Gasteiger partial charge in [-0.1, -0.05) is 61.5 Å². The maximum absolute atomic E-state index is 13.4. The summed E-state index contributed by atoms with van der Waals surface area (Å²) in [5.41, 5.74) is 2.31. The van der Waals surface area contributed by atoms with Crippen molar-refractivity contribution in [2.45, 2.75) is 38.3 Å². The molecular formula is C25H26F3N3O3. The Morgan fingerprint density at radius 1 is 1.21 bits per heavy atom.